The molecule has 1 fully saturated rings. The van der Waals surface area contributed by atoms with Crippen molar-refractivity contribution in [2.24, 2.45) is 5.92 Å². The summed E-state index contributed by atoms with van der Waals surface area (Å²) in [7, 11) is 0. The van der Waals surface area contributed by atoms with Crippen molar-refractivity contribution in [2.75, 3.05) is 50.9 Å². The second-order valence-electron chi connectivity index (χ2n) is 11.4. The zero-order valence-corrected chi connectivity index (χ0v) is 26.0. The summed E-state index contributed by atoms with van der Waals surface area (Å²) >= 11 is 6.02. The number of carbonyl (C=O) groups is 2. The van der Waals surface area contributed by atoms with Crippen LogP contribution < -0.4 is 19.1 Å². The fourth-order valence-corrected chi connectivity index (χ4v) is 5.76. The van der Waals surface area contributed by atoms with E-state index in [0.29, 0.717) is 48.6 Å². The van der Waals surface area contributed by atoms with Crippen LogP contribution >= 0.6 is 11.6 Å². The number of likely N-dealkylation sites (tertiary alicyclic amines) is 1. The van der Waals surface area contributed by atoms with E-state index in [-0.39, 0.29) is 6.61 Å². The molecule has 0 aromatic heterocycles. The molecule has 1 unspecified atom stereocenters. The highest BCUT2D eigenvalue weighted by Crippen LogP contribution is 2.34. The van der Waals surface area contributed by atoms with Crippen molar-refractivity contribution >= 4 is 29.7 Å². The second-order valence-corrected chi connectivity index (χ2v) is 11.8. The van der Waals surface area contributed by atoms with Gasteiger partial charge in [0.1, 0.15) is 18.5 Å². The first-order valence-corrected chi connectivity index (χ1v) is 15.9. The molecule has 1 saturated heterocycles. The summed E-state index contributed by atoms with van der Waals surface area (Å²) in [5, 5.41) is 0.558. The maximum atomic E-state index is 13.1. The molecule has 1 amide bonds. The number of anilines is 1. The number of halogens is 1. The molecule has 2 aliphatic rings. The van der Waals surface area contributed by atoms with Crippen molar-refractivity contribution < 1.29 is 28.5 Å². The fourth-order valence-electron chi connectivity index (χ4n) is 5.63. The standard InChI is InChI=1S/C35H41ClN2O6/c1-2-3-21-41-33-8-4-5-9-34(33)42-23-26-15-18-37(19-16-26)22-29(44-35(40)27-11-13-28(36)14-12-27)24-43-32-10-6-7-31-30(32)17-20-38(31)25-39/h4-14,25-26,29H,2-3,15-24H2,1H3. The number of hydrogen-bond acceptors (Lipinski definition) is 7. The molecule has 0 bridgehead atoms. The van der Waals surface area contributed by atoms with Gasteiger partial charge in [-0.1, -0.05) is 43.1 Å². The third-order valence-corrected chi connectivity index (χ3v) is 8.43. The number of amides is 1. The average Bonchev–Trinajstić information content (AvgIpc) is 3.48. The summed E-state index contributed by atoms with van der Waals surface area (Å²) in [4.78, 5) is 28.5. The van der Waals surface area contributed by atoms with Crippen molar-refractivity contribution in [3.63, 3.8) is 0 Å². The Balaban J connectivity index is 1.17. The number of ether oxygens (including phenoxy) is 4. The average molecular weight is 621 g/mol. The predicted octanol–water partition coefficient (Wildman–Crippen LogP) is 6.43. The van der Waals surface area contributed by atoms with E-state index in [9.17, 15) is 9.59 Å². The van der Waals surface area contributed by atoms with Crippen LogP contribution in [-0.4, -0.2) is 69.4 Å². The molecule has 44 heavy (non-hydrogen) atoms. The van der Waals surface area contributed by atoms with E-state index in [0.717, 1.165) is 74.4 Å². The number of benzene rings is 3. The molecular weight excluding hydrogens is 580 g/mol. The Kier molecular flexibility index (Phi) is 11.4. The quantitative estimate of drug-likeness (QED) is 0.110. The first kappa shape index (κ1) is 31.7. The third-order valence-electron chi connectivity index (χ3n) is 8.17. The van der Waals surface area contributed by atoms with Crippen LogP contribution in [0.5, 0.6) is 17.2 Å². The lowest BCUT2D eigenvalue weighted by Crippen LogP contribution is -2.43. The van der Waals surface area contributed by atoms with Gasteiger partial charge in [0.15, 0.2) is 11.5 Å². The Hall–Kier alpha value is -3.75. The highest BCUT2D eigenvalue weighted by molar-refractivity contribution is 6.30. The Morgan fingerprint density at radius 2 is 1.66 bits per heavy atom. The van der Waals surface area contributed by atoms with Crippen molar-refractivity contribution in [2.45, 2.75) is 45.1 Å². The molecule has 3 aromatic rings. The highest BCUT2D eigenvalue weighted by Gasteiger charge is 2.27. The molecule has 0 spiro atoms. The molecule has 1 atom stereocenters. The van der Waals surface area contributed by atoms with Crippen LogP contribution in [0.3, 0.4) is 0 Å². The van der Waals surface area contributed by atoms with Crippen LogP contribution in [0.4, 0.5) is 5.69 Å². The van der Waals surface area contributed by atoms with Crippen LogP contribution in [-0.2, 0) is 16.0 Å². The van der Waals surface area contributed by atoms with Gasteiger partial charge in [0.05, 0.1) is 24.5 Å². The van der Waals surface area contributed by atoms with Gasteiger partial charge in [0.25, 0.3) is 0 Å². The molecule has 5 rings (SSSR count). The van der Waals surface area contributed by atoms with Crippen molar-refractivity contribution in [1.82, 2.24) is 4.90 Å². The van der Waals surface area contributed by atoms with Crippen LogP contribution in [0.25, 0.3) is 0 Å². The number of esters is 1. The van der Waals surface area contributed by atoms with E-state index >= 15 is 0 Å². The Morgan fingerprint density at radius 3 is 2.39 bits per heavy atom. The topological polar surface area (TPSA) is 77.5 Å². The summed E-state index contributed by atoms with van der Waals surface area (Å²) < 4.78 is 24.4. The van der Waals surface area contributed by atoms with Crippen molar-refractivity contribution in [1.29, 1.82) is 0 Å². The van der Waals surface area contributed by atoms with Crippen LogP contribution in [0.2, 0.25) is 5.02 Å². The lowest BCUT2D eigenvalue weighted by atomic mass is 9.97. The number of carbonyl (C=O) groups excluding carboxylic acids is 2. The Labute approximate surface area is 264 Å². The van der Waals surface area contributed by atoms with E-state index < -0.39 is 12.1 Å². The smallest absolute Gasteiger partial charge is 0.338 e. The van der Waals surface area contributed by atoms with Gasteiger partial charge >= 0.3 is 5.97 Å². The number of hydrogen-bond donors (Lipinski definition) is 0. The lowest BCUT2D eigenvalue weighted by Gasteiger charge is -2.34. The second kappa shape index (κ2) is 15.8. The maximum absolute atomic E-state index is 13.1. The number of rotatable bonds is 15. The summed E-state index contributed by atoms with van der Waals surface area (Å²) in [6.07, 6.45) is 5.14. The van der Waals surface area contributed by atoms with Crippen LogP contribution in [0.15, 0.2) is 66.7 Å². The number of para-hydroxylation sites is 2. The van der Waals surface area contributed by atoms with Gasteiger partial charge in [0.2, 0.25) is 6.41 Å². The minimum Gasteiger partial charge on any atom is -0.490 e. The van der Waals surface area contributed by atoms with Gasteiger partial charge in [-0.25, -0.2) is 4.79 Å². The van der Waals surface area contributed by atoms with Gasteiger partial charge in [-0.2, -0.15) is 0 Å². The van der Waals surface area contributed by atoms with E-state index in [4.69, 9.17) is 30.5 Å². The first-order valence-electron chi connectivity index (χ1n) is 15.5. The number of piperidine rings is 1. The van der Waals surface area contributed by atoms with Gasteiger partial charge < -0.3 is 23.8 Å². The SMILES string of the molecule is CCCCOc1ccccc1OCC1CCN(CC(COc2cccc3c2CCN3C=O)OC(=O)c2ccc(Cl)cc2)CC1. The predicted molar refractivity (Wildman–Crippen MR) is 171 cm³/mol. The van der Waals surface area contributed by atoms with Crippen molar-refractivity contribution in [3.05, 3.63) is 82.9 Å². The summed E-state index contributed by atoms with van der Waals surface area (Å²) in [5.41, 5.74) is 2.31. The molecule has 9 heteroatoms. The van der Waals surface area contributed by atoms with E-state index in [1.807, 2.05) is 42.5 Å². The van der Waals surface area contributed by atoms with E-state index in [2.05, 4.69) is 11.8 Å². The molecule has 0 radical (unpaired) electrons. The molecule has 2 aliphatic heterocycles. The number of nitrogens with zero attached hydrogens (tertiary/aromatic N) is 2. The Morgan fingerprint density at radius 1 is 0.932 bits per heavy atom. The molecule has 0 saturated carbocycles. The highest BCUT2D eigenvalue weighted by atomic mass is 35.5. The monoisotopic (exact) mass is 620 g/mol. The zero-order chi connectivity index (χ0) is 30.7. The molecule has 3 aromatic carbocycles. The minimum absolute atomic E-state index is 0.203. The number of unbranched alkanes of at least 4 members (excludes halogenated alkanes) is 1. The molecule has 2 heterocycles. The normalized spacial score (nSPS) is 15.8. The Bertz CT molecular complexity index is 1380. The van der Waals surface area contributed by atoms with Gasteiger partial charge in [0, 0.05) is 23.7 Å². The largest absolute Gasteiger partial charge is 0.490 e. The number of fused-ring (bicyclic) bond motifs is 1. The molecule has 234 valence electrons. The van der Waals surface area contributed by atoms with Crippen LogP contribution in [0.1, 0.15) is 48.5 Å². The molecule has 0 aliphatic carbocycles. The zero-order valence-electron chi connectivity index (χ0n) is 25.3. The van der Waals surface area contributed by atoms with Crippen LogP contribution in [0, 0.1) is 5.92 Å². The third kappa shape index (κ3) is 8.45. The fraction of sp³-hybridized carbons (Fsp3) is 0.429. The van der Waals surface area contributed by atoms with Gasteiger partial charge in [-0.05, 0) is 93.2 Å². The summed E-state index contributed by atoms with van der Waals surface area (Å²) in [6.45, 7) is 6.59. The molecular formula is C35H41ClN2O6. The maximum Gasteiger partial charge on any atom is 0.338 e. The molecule has 0 N–H and O–H groups in total. The van der Waals surface area contributed by atoms with E-state index in [1.165, 1.54) is 0 Å². The summed E-state index contributed by atoms with van der Waals surface area (Å²) in [6, 6.07) is 20.3. The van der Waals surface area contributed by atoms with E-state index in [1.54, 1.807) is 29.2 Å². The minimum atomic E-state index is -0.488. The molecule has 8 nitrogen and oxygen atoms in total. The lowest BCUT2D eigenvalue weighted by molar-refractivity contribution is -0.107. The summed E-state index contributed by atoms with van der Waals surface area (Å²) in [5.74, 6) is 2.32. The van der Waals surface area contributed by atoms with Gasteiger partial charge in [-0.3, -0.25) is 9.69 Å². The van der Waals surface area contributed by atoms with Crippen molar-refractivity contribution in [3.8, 4) is 17.2 Å². The van der Waals surface area contributed by atoms with Gasteiger partial charge in [-0.15, -0.1) is 0 Å². The first-order chi connectivity index (χ1) is 21.5.